The lowest BCUT2D eigenvalue weighted by Crippen LogP contribution is -2.25. The molecule has 3 aromatic carbocycles. The molecule has 0 bridgehead atoms. The number of carbonyl (C=O) groups is 1. The molecule has 1 saturated carbocycles. The van der Waals surface area contributed by atoms with Crippen LogP contribution >= 0.6 is 0 Å². The first-order chi connectivity index (χ1) is 14.9. The van der Waals surface area contributed by atoms with E-state index >= 15 is 0 Å². The van der Waals surface area contributed by atoms with Crippen molar-refractivity contribution < 1.29 is 22.7 Å². The predicted octanol–water partition coefficient (Wildman–Crippen LogP) is 6.96. The van der Waals surface area contributed by atoms with Crippen LogP contribution in [0.2, 0.25) is 0 Å². The number of rotatable bonds is 4. The van der Waals surface area contributed by atoms with Crippen LogP contribution in [0.4, 0.5) is 13.2 Å². The number of esters is 1. The number of ether oxygens (including phenoxy) is 1. The largest absolute Gasteiger partial charge is 0.459 e. The van der Waals surface area contributed by atoms with Crippen LogP contribution in [0, 0.1) is 24.4 Å². The molecule has 0 aliphatic heterocycles. The van der Waals surface area contributed by atoms with E-state index < -0.39 is 29.3 Å². The van der Waals surface area contributed by atoms with E-state index in [9.17, 15) is 18.0 Å². The number of hydrogen-bond acceptors (Lipinski definition) is 2. The Morgan fingerprint density at radius 2 is 1.58 bits per heavy atom. The van der Waals surface area contributed by atoms with Gasteiger partial charge in [0.15, 0.2) is 11.6 Å². The number of carbonyl (C=O) groups excluding carboxylic acids is 1. The van der Waals surface area contributed by atoms with Crippen molar-refractivity contribution in [2.24, 2.45) is 0 Å². The van der Waals surface area contributed by atoms with Crippen LogP contribution in [0.25, 0.3) is 11.1 Å². The fraction of sp³-hybridized carbons (Fsp3) is 0.269. The summed E-state index contributed by atoms with van der Waals surface area (Å²) >= 11 is 0. The minimum absolute atomic E-state index is 0.0647. The van der Waals surface area contributed by atoms with E-state index in [1.54, 1.807) is 30.3 Å². The molecule has 0 spiro atoms. The fourth-order valence-corrected chi connectivity index (χ4v) is 4.22. The molecule has 0 heterocycles. The average Bonchev–Trinajstić information content (AvgIpc) is 2.77. The van der Waals surface area contributed by atoms with Gasteiger partial charge in [0.2, 0.25) is 0 Å². The summed E-state index contributed by atoms with van der Waals surface area (Å²) in [6, 6.07) is 16.5. The van der Waals surface area contributed by atoms with Crippen LogP contribution in [0.1, 0.15) is 53.1 Å². The van der Waals surface area contributed by atoms with Crippen LogP contribution in [-0.2, 0) is 4.74 Å². The molecule has 160 valence electrons. The normalized spacial score (nSPS) is 18.6. The summed E-state index contributed by atoms with van der Waals surface area (Å²) in [7, 11) is 0. The summed E-state index contributed by atoms with van der Waals surface area (Å²) in [4.78, 5) is 12.5. The van der Waals surface area contributed by atoms with Crippen molar-refractivity contribution in [3.8, 4) is 11.1 Å². The lowest BCUT2D eigenvalue weighted by molar-refractivity contribution is 0.0188. The molecule has 1 fully saturated rings. The molecule has 31 heavy (non-hydrogen) atoms. The van der Waals surface area contributed by atoms with Crippen molar-refractivity contribution in [1.82, 2.24) is 0 Å². The third kappa shape index (κ3) is 4.50. The van der Waals surface area contributed by atoms with Crippen molar-refractivity contribution in [2.75, 3.05) is 0 Å². The molecule has 5 heteroatoms. The summed E-state index contributed by atoms with van der Waals surface area (Å²) in [6.45, 7) is 1.84. The zero-order valence-corrected chi connectivity index (χ0v) is 17.2. The standard InChI is InChI=1S/C26H23F3O2/c1-16-7-12-20(23(27)15-16)18-8-10-19(11-9-18)31-26(30)22-14-13-21(24(28)25(22)29)17-5-3-2-4-6-17/h2-7,12-15,18-19H,8-11H2,1H3. The van der Waals surface area contributed by atoms with E-state index in [-0.39, 0.29) is 17.3 Å². The molecule has 0 radical (unpaired) electrons. The number of aryl methyl sites for hydroxylation is 1. The third-order valence-corrected chi connectivity index (χ3v) is 5.93. The monoisotopic (exact) mass is 424 g/mol. The Kier molecular flexibility index (Phi) is 6.12. The van der Waals surface area contributed by atoms with Gasteiger partial charge in [0.1, 0.15) is 11.9 Å². The van der Waals surface area contributed by atoms with Gasteiger partial charge in [-0.25, -0.2) is 18.0 Å². The second-order valence-corrected chi connectivity index (χ2v) is 8.06. The highest BCUT2D eigenvalue weighted by molar-refractivity contribution is 5.90. The van der Waals surface area contributed by atoms with Gasteiger partial charge in [-0.3, -0.25) is 0 Å². The first-order valence-corrected chi connectivity index (χ1v) is 10.4. The number of benzene rings is 3. The van der Waals surface area contributed by atoms with Crippen molar-refractivity contribution in [1.29, 1.82) is 0 Å². The zero-order chi connectivity index (χ0) is 22.0. The van der Waals surface area contributed by atoms with Crippen molar-refractivity contribution >= 4 is 5.97 Å². The lowest BCUT2D eigenvalue weighted by atomic mass is 9.82. The first kappa shape index (κ1) is 21.2. The van der Waals surface area contributed by atoms with Crippen LogP contribution in [0.5, 0.6) is 0 Å². The minimum atomic E-state index is -1.21. The fourth-order valence-electron chi connectivity index (χ4n) is 4.22. The van der Waals surface area contributed by atoms with E-state index in [4.69, 9.17) is 4.74 Å². The quantitative estimate of drug-likeness (QED) is 0.423. The van der Waals surface area contributed by atoms with Gasteiger partial charge in [0.25, 0.3) is 0 Å². The van der Waals surface area contributed by atoms with Crippen molar-refractivity contribution in [2.45, 2.75) is 44.6 Å². The molecule has 0 aromatic heterocycles. The van der Waals surface area contributed by atoms with Crippen molar-refractivity contribution in [3.05, 3.63) is 94.8 Å². The molecular formula is C26H23F3O2. The van der Waals surface area contributed by atoms with Crippen LogP contribution < -0.4 is 0 Å². The maximum atomic E-state index is 14.6. The van der Waals surface area contributed by atoms with Gasteiger partial charge in [-0.2, -0.15) is 0 Å². The summed E-state index contributed by atoms with van der Waals surface area (Å²) in [5.74, 6) is -3.30. The zero-order valence-electron chi connectivity index (χ0n) is 17.2. The summed E-state index contributed by atoms with van der Waals surface area (Å²) in [6.07, 6.45) is 2.04. The highest BCUT2D eigenvalue weighted by atomic mass is 19.2. The molecule has 0 N–H and O–H groups in total. The maximum Gasteiger partial charge on any atom is 0.341 e. The Morgan fingerprint density at radius 3 is 2.26 bits per heavy atom. The molecule has 4 rings (SSSR count). The number of hydrogen-bond donors (Lipinski definition) is 0. The molecule has 0 atom stereocenters. The Hall–Kier alpha value is -3.08. The predicted molar refractivity (Wildman–Crippen MR) is 113 cm³/mol. The summed E-state index contributed by atoms with van der Waals surface area (Å²) < 4.78 is 48.9. The molecule has 0 amide bonds. The van der Waals surface area contributed by atoms with E-state index in [1.165, 1.54) is 18.2 Å². The van der Waals surface area contributed by atoms with Gasteiger partial charge in [0.05, 0.1) is 5.56 Å². The molecule has 1 aliphatic rings. The number of halogens is 3. The van der Waals surface area contributed by atoms with Crippen LogP contribution in [0.3, 0.4) is 0 Å². The van der Waals surface area contributed by atoms with Gasteiger partial charge in [-0.05, 0) is 67.3 Å². The Bertz CT molecular complexity index is 1090. The SMILES string of the molecule is Cc1ccc(C2CCC(OC(=O)c3ccc(-c4ccccc4)c(F)c3F)CC2)c(F)c1. The smallest absolute Gasteiger partial charge is 0.341 e. The van der Waals surface area contributed by atoms with Gasteiger partial charge in [-0.15, -0.1) is 0 Å². The van der Waals surface area contributed by atoms with Gasteiger partial charge < -0.3 is 4.74 Å². The van der Waals surface area contributed by atoms with E-state index in [2.05, 4.69) is 0 Å². The average molecular weight is 424 g/mol. The van der Waals surface area contributed by atoms with Gasteiger partial charge in [0, 0.05) is 5.56 Å². The molecule has 0 saturated heterocycles. The highest BCUT2D eigenvalue weighted by Gasteiger charge is 2.28. The van der Waals surface area contributed by atoms with Crippen LogP contribution in [0.15, 0.2) is 60.7 Å². The van der Waals surface area contributed by atoms with E-state index in [1.807, 2.05) is 19.1 Å². The lowest BCUT2D eigenvalue weighted by Gasteiger charge is -2.29. The summed E-state index contributed by atoms with van der Waals surface area (Å²) in [5, 5.41) is 0. The second kappa shape index (κ2) is 8.96. The Balaban J connectivity index is 1.42. The Labute approximate surface area is 179 Å². The molecule has 3 aromatic rings. The molecule has 0 unspecified atom stereocenters. The minimum Gasteiger partial charge on any atom is -0.459 e. The van der Waals surface area contributed by atoms with Crippen molar-refractivity contribution in [3.63, 3.8) is 0 Å². The summed E-state index contributed by atoms with van der Waals surface area (Å²) in [5.41, 5.74) is 1.76. The second-order valence-electron chi connectivity index (χ2n) is 8.06. The highest BCUT2D eigenvalue weighted by Crippen LogP contribution is 2.36. The van der Waals surface area contributed by atoms with Crippen LogP contribution in [-0.4, -0.2) is 12.1 Å². The molecular weight excluding hydrogens is 401 g/mol. The molecule has 1 aliphatic carbocycles. The van der Waals surface area contributed by atoms with E-state index in [0.29, 0.717) is 36.8 Å². The van der Waals surface area contributed by atoms with Gasteiger partial charge >= 0.3 is 5.97 Å². The maximum absolute atomic E-state index is 14.6. The van der Waals surface area contributed by atoms with Gasteiger partial charge in [-0.1, -0.05) is 48.5 Å². The van der Waals surface area contributed by atoms with E-state index in [0.717, 1.165) is 5.56 Å². The third-order valence-electron chi connectivity index (χ3n) is 5.93. The Morgan fingerprint density at radius 1 is 0.871 bits per heavy atom. The topological polar surface area (TPSA) is 26.3 Å². The molecule has 2 nitrogen and oxygen atoms in total. The first-order valence-electron chi connectivity index (χ1n) is 10.4.